The van der Waals surface area contributed by atoms with Gasteiger partial charge < -0.3 is 15.1 Å². The summed E-state index contributed by atoms with van der Waals surface area (Å²) in [4.78, 5) is 3.62. The maximum Gasteiger partial charge on any atom is 0.173 e. The quantitative estimate of drug-likeness (QED) is 0.820. The van der Waals surface area contributed by atoms with Crippen LogP contribution in [0.3, 0.4) is 0 Å². The van der Waals surface area contributed by atoms with Crippen molar-refractivity contribution in [2.24, 2.45) is 0 Å². The summed E-state index contributed by atoms with van der Waals surface area (Å²) in [5.74, 6) is -1.21. The highest BCUT2D eigenvalue weighted by atomic mass is 32.1. The Morgan fingerprint density at radius 2 is 2.05 bits per heavy atom. The number of rotatable bonds is 3. The number of hydrogen-bond acceptors (Lipinski definition) is 1. The van der Waals surface area contributed by atoms with Gasteiger partial charge in [-0.15, -0.1) is 0 Å². The summed E-state index contributed by atoms with van der Waals surface area (Å²) in [6, 6.07) is 3.45. The maximum atomic E-state index is 13.6. The number of nitrogens with zero attached hydrogens (tertiary/aromatic N) is 1. The highest BCUT2D eigenvalue weighted by molar-refractivity contribution is 7.80. The van der Waals surface area contributed by atoms with Crippen LogP contribution in [-0.2, 0) is 0 Å². The molecule has 0 radical (unpaired) electrons. The summed E-state index contributed by atoms with van der Waals surface area (Å²) in [7, 11) is 0. The van der Waals surface area contributed by atoms with Gasteiger partial charge >= 0.3 is 0 Å². The van der Waals surface area contributed by atoms with Crippen molar-refractivity contribution in [3.63, 3.8) is 0 Å². The standard InChI is InChI=1S/C14H19F2N3S/c1-2-5-18-6-8-19(9-7-18)14(20)17-13-4-3-11(15)10-12(13)16/h3-4,10H,2,5-9H2,1H3,(H,17,20)/p+1. The smallest absolute Gasteiger partial charge is 0.173 e. The summed E-state index contributed by atoms with van der Waals surface area (Å²) in [6.45, 7) is 7.18. The minimum absolute atomic E-state index is 0.222. The average molecular weight is 300 g/mol. The molecule has 0 aliphatic carbocycles. The zero-order valence-electron chi connectivity index (χ0n) is 11.6. The molecule has 1 aromatic rings. The average Bonchev–Trinajstić information content (AvgIpc) is 2.43. The Hall–Kier alpha value is -1.27. The van der Waals surface area contributed by atoms with E-state index >= 15 is 0 Å². The first-order chi connectivity index (χ1) is 9.60. The molecule has 1 aliphatic heterocycles. The summed E-state index contributed by atoms with van der Waals surface area (Å²) < 4.78 is 26.4. The first-order valence-electron chi connectivity index (χ1n) is 6.94. The zero-order chi connectivity index (χ0) is 14.5. The van der Waals surface area contributed by atoms with Gasteiger partial charge in [-0.1, -0.05) is 6.92 Å². The summed E-state index contributed by atoms with van der Waals surface area (Å²) in [6.07, 6.45) is 1.18. The van der Waals surface area contributed by atoms with E-state index in [0.29, 0.717) is 5.11 Å². The van der Waals surface area contributed by atoms with E-state index < -0.39 is 11.6 Å². The Labute approximate surface area is 123 Å². The van der Waals surface area contributed by atoms with Crippen LogP contribution in [0.2, 0.25) is 0 Å². The van der Waals surface area contributed by atoms with Gasteiger partial charge in [-0.25, -0.2) is 8.78 Å². The fourth-order valence-corrected chi connectivity index (χ4v) is 2.71. The van der Waals surface area contributed by atoms with Crippen LogP contribution in [0.4, 0.5) is 14.5 Å². The number of thiocarbonyl (C=S) groups is 1. The van der Waals surface area contributed by atoms with Crippen molar-refractivity contribution in [3.05, 3.63) is 29.8 Å². The van der Waals surface area contributed by atoms with Crippen molar-refractivity contribution in [2.75, 3.05) is 38.0 Å². The second-order valence-corrected chi connectivity index (χ2v) is 5.43. The lowest BCUT2D eigenvalue weighted by Crippen LogP contribution is -3.14. The predicted molar refractivity (Wildman–Crippen MR) is 80.0 cm³/mol. The van der Waals surface area contributed by atoms with Gasteiger partial charge in [-0.2, -0.15) is 0 Å². The van der Waals surface area contributed by atoms with E-state index in [-0.39, 0.29) is 5.69 Å². The molecule has 0 spiro atoms. The molecule has 1 fully saturated rings. The minimum Gasteiger partial charge on any atom is -0.338 e. The molecular formula is C14H20F2N3S+. The lowest BCUT2D eigenvalue weighted by atomic mass is 10.3. The maximum absolute atomic E-state index is 13.6. The number of nitrogens with one attached hydrogen (secondary N) is 2. The molecule has 1 saturated heterocycles. The predicted octanol–water partition coefficient (Wildman–Crippen LogP) is 1.27. The summed E-state index contributed by atoms with van der Waals surface area (Å²) in [5.41, 5.74) is 0.222. The van der Waals surface area contributed by atoms with Crippen LogP contribution >= 0.6 is 12.2 Å². The molecule has 0 atom stereocenters. The third-order valence-corrected chi connectivity index (χ3v) is 3.89. The Bertz CT molecular complexity index is 473. The molecule has 0 aromatic heterocycles. The van der Waals surface area contributed by atoms with Crippen LogP contribution in [0.1, 0.15) is 13.3 Å². The first-order valence-corrected chi connectivity index (χ1v) is 7.35. The molecule has 1 aliphatic rings. The molecule has 110 valence electrons. The number of anilines is 1. The van der Waals surface area contributed by atoms with Gasteiger partial charge in [0.2, 0.25) is 0 Å². The van der Waals surface area contributed by atoms with E-state index in [9.17, 15) is 8.78 Å². The largest absolute Gasteiger partial charge is 0.338 e. The van der Waals surface area contributed by atoms with Gasteiger partial charge in [0.15, 0.2) is 5.11 Å². The lowest BCUT2D eigenvalue weighted by Gasteiger charge is -2.33. The minimum atomic E-state index is -0.623. The van der Waals surface area contributed by atoms with Crippen molar-refractivity contribution in [2.45, 2.75) is 13.3 Å². The van der Waals surface area contributed by atoms with Crippen LogP contribution < -0.4 is 10.2 Å². The molecule has 0 saturated carbocycles. The summed E-state index contributed by atoms with van der Waals surface area (Å²) >= 11 is 5.30. The van der Waals surface area contributed by atoms with Gasteiger partial charge in [0.1, 0.15) is 11.6 Å². The molecule has 0 amide bonds. The molecule has 1 heterocycles. The fraction of sp³-hybridized carbons (Fsp3) is 0.500. The second kappa shape index (κ2) is 6.95. The number of hydrogen-bond donors (Lipinski definition) is 2. The molecule has 6 heteroatoms. The third-order valence-electron chi connectivity index (χ3n) is 3.53. The molecule has 20 heavy (non-hydrogen) atoms. The van der Waals surface area contributed by atoms with E-state index in [1.54, 1.807) is 4.90 Å². The van der Waals surface area contributed by atoms with E-state index in [2.05, 4.69) is 12.2 Å². The van der Waals surface area contributed by atoms with Gasteiger partial charge in [-0.3, -0.25) is 0 Å². The summed E-state index contributed by atoms with van der Waals surface area (Å²) in [5, 5.41) is 3.37. The van der Waals surface area contributed by atoms with Crippen LogP contribution in [0.25, 0.3) is 0 Å². The molecule has 2 N–H and O–H groups in total. The monoisotopic (exact) mass is 300 g/mol. The fourth-order valence-electron chi connectivity index (χ4n) is 2.41. The van der Waals surface area contributed by atoms with Crippen molar-refractivity contribution < 1.29 is 13.7 Å². The van der Waals surface area contributed by atoms with Gasteiger partial charge in [0.05, 0.1) is 38.4 Å². The number of piperazine rings is 1. The normalized spacial score (nSPS) is 16.2. The second-order valence-electron chi connectivity index (χ2n) is 5.04. The van der Waals surface area contributed by atoms with Gasteiger partial charge in [0.25, 0.3) is 0 Å². The van der Waals surface area contributed by atoms with Crippen LogP contribution in [0.15, 0.2) is 18.2 Å². The van der Waals surface area contributed by atoms with Crippen LogP contribution in [0, 0.1) is 11.6 Å². The highest BCUT2D eigenvalue weighted by Gasteiger charge is 2.21. The van der Waals surface area contributed by atoms with Crippen molar-refractivity contribution >= 4 is 23.0 Å². The Morgan fingerprint density at radius 3 is 2.65 bits per heavy atom. The third kappa shape index (κ3) is 3.86. The first kappa shape index (κ1) is 15.1. The van der Waals surface area contributed by atoms with E-state index in [0.717, 1.165) is 32.2 Å². The molecule has 0 bridgehead atoms. The Balaban J connectivity index is 1.89. The van der Waals surface area contributed by atoms with E-state index in [4.69, 9.17) is 12.2 Å². The molecule has 1 aromatic carbocycles. The Kier molecular flexibility index (Phi) is 5.25. The molecule has 0 unspecified atom stereocenters. The molecule has 3 nitrogen and oxygen atoms in total. The van der Waals surface area contributed by atoms with Crippen molar-refractivity contribution in [1.82, 2.24) is 4.90 Å². The lowest BCUT2D eigenvalue weighted by molar-refractivity contribution is -0.903. The topological polar surface area (TPSA) is 19.7 Å². The molecule has 2 rings (SSSR count). The van der Waals surface area contributed by atoms with Crippen molar-refractivity contribution in [1.29, 1.82) is 0 Å². The van der Waals surface area contributed by atoms with E-state index in [1.807, 2.05) is 4.90 Å². The number of benzene rings is 1. The number of halogens is 2. The zero-order valence-corrected chi connectivity index (χ0v) is 12.4. The number of quaternary nitrogens is 1. The van der Waals surface area contributed by atoms with Crippen LogP contribution in [0.5, 0.6) is 0 Å². The Morgan fingerprint density at radius 1 is 1.35 bits per heavy atom. The van der Waals surface area contributed by atoms with Crippen LogP contribution in [-0.4, -0.2) is 42.7 Å². The van der Waals surface area contributed by atoms with Gasteiger partial charge in [0, 0.05) is 6.07 Å². The SMILES string of the molecule is CCC[NH+]1CCN(C(=S)Nc2ccc(F)cc2F)CC1. The van der Waals surface area contributed by atoms with E-state index in [1.165, 1.54) is 25.1 Å². The highest BCUT2D eigenvalue weighted by Crippen LogP contribution is 2.15. The molecular weight excluding hydrogens is 280 g/mol. The van der Waals surface area contributed by atoms with Gasteiger partial charge in [-0.05, 0) is 30.8 Å². The van der Waals surface area contributed by atoms with Crippen molar-refractivity contribution in [3.8, 4) is 0 Å².